The van der Waals surface area contributed by atoms with Crippen LogP contribution >= 0.6 is 0 Å². The third kappa shape index (κ3) is 5.23. The molecule has 1 aromatic carbocycles. The summed E-state index contributed by atoms with van der Waals surface area (Å²) in [6, 6.07) is 7.32. The summed E-state index contributed by atoms with van der Waals surface area (Å²) in [6.45, 7) is 1.75. The molecule has 2 fully saturated rings. The maximum absolute atomic E-state index is 13.6. The Morgan fingerprint density at radius 1 is 1.16 bits per heavy atom. The molecule has 13 heteroatoms. The zero-order chi connectivity index (χ0) is 31.7. The monoisotopic (exact) mass is 621 g/mol. The van der Waals surface area contributed by atoms with E-state index >= 15 is 0 Å². The van der Waals surface area contributed by atoms with E-state index < -0.39 is 23.2 Å². The van der Waals surface area contributed by atoms with Crippen molar-refractivity contribution in [1.29, 1.82) is 0 Å². The van der Waals surface area contributed by atoms with E-state index in [1.165, 1.54) is 13.2 Å². The van der Waals surface area contributed by atoms with Gasteiger partial charge in [0.1, 0.15) is 34.9 Å². The molecular formula is C32H30F3N5O5. The van der Waals surface area contributed by atoms with Crippen LogP contribution in [0.25, 0.3) is 22.4 Å². The van der Waals surface area contributed by atoms with Gasteiger partial charge in [0.2, 0.25) is 5.91 Å². The molecule has 4 aromatic rings. The van der Waals surface area contributed by atoms with Crippen LogP contribution in [0.3, 0.4) is 0 Å². The molecule has 0 unspecified atom stereocenters. The first-order chi connectivity index (χ1) is 21.5. The first kappa shape index (κ1) is 29.1. The van der Waals surface area contributed by atoms with Crippen molar-refractivity contribution in [3.05, 3.63) is 64.9 Å². The molecule has 3 N–H and O–H groups in total. The lowest BCUT2D eigenvalue weighted by Crippen LogP contribution is -2.40. The smallest absolute Gasteiger partial charge is 0.433 e. The van der Waals surface area contributed by atoms with Crippen LogP contribution in [0.15, 0.2) is 40.9 Å². The molecule has 0 saturated heterocycles. The van der Waals surface area contributed by atoms with Crippen molar-refractivity contribution in [2.45, 2.75) is 56.0 Å². The highest BCUT2D eigenvalue weighted by atomic mass is 19.4. The maximum Gasteiger partial charge on any atom is 0.433 e. The minimum Gasteiger partial charge on any atom is -0.494 e. The first-order valence-electron chi connectivity index (χ1n) is 14.7. The van der Waals surface area contributed by atoms with E-state index in [4.69, 9.17) is 24.6 Å². The second-order valence-electron chi connectivity index (χ2n) is 12.2. The number of aromatic nitrogens is 3. The van der Waals surface area contributed by atoms with Gasteiger partial charge >= 0.3 is 6.18 Å². The number of carbonyl (C=O) groups excluding carboxylic acids is 2. The molecular weight excluding hydrogens is 591 g/mol. The minimum atomic E-state index is -4.67. The Labute approximate surface area is 255 Å². The van der Waals surface area contributed by atoms with Gasteiger partial charge < -0.3 is 24.9 Å². The second-order valence-corrected chi connectivity index (χ2v) is 12.2. The van der Waals surface area contributed by atoms with Gasteiger partial charge in [-0.1, -0.05) is 0 Å². The number of rotatable bonds is 9. The SMILES string of the molecule is COc1cc(C(=O)NC[C@H](c2cc3c(c(-c4ccnc(C(F)(F)F)c4)n2)OC[C@]3(C)C(N)=O)C2CC2)cc2oc(C3CC3)nc12. The third-order valence-electron chi connectivity index (χ3n) is 8.90. The lowest BCUT2D eigenvalue weighted by molar-refractivity contribution is -0.141. The lowest BCUT2D eigenvalue weighted by Gasteiger charge is -2.22. The zero-order valence-corrected chi connectivity index (χ0v) is 24.5. The van der Waals surface area contributed by atoms with E-state index in [1.54, 1.807) is 25.1 Å². The van der Waals surface area contributed by atoms with Crippen LogP contribution in [0.1, 0.15) is 77.6 Å². The maximum atomic E-state index is 13.6. The van der Waals surface area contributed by atoms with Crippen LogP contribution in [0, 0.1) is 5.92 Å². The third-order valence-corrected chi connectivity index (χ3v) is 8.90. The number of nitrogens with two attached hydrogens (primary N) is 1. The number of ether oxygens (including phenoxy) is 2. The highest BCUT2D eigenvalue weighted by molar-refractivity contribution is 5.98. The summed E-state index contributed by atoms with van der Waals surface area (Å²) >= 11 is 0. The number of hydrogen-bond acceptors (Lipinski definition) is 8. The number of nitrogens with zero attached hydrogens (tertiary/aromatic N) is 3. The fourth-order valence-corrected chi connectivity index (χ4v) is 5.85. The Bertz CT molecular complexity index is 1850. The number of pyridine rings is 2. The van der Waals surface area contributed by atoms with Gasteiger partial charge in [-0.15, -0.1) is 0 Å². The fourth-order valence-electron chi connectivity index (χ4n) is 5.85. The van der Waals surface area contributed by atoms with Gasteiger partial charge in [0.25, 0.3) is 5.91 Å². The molecule has 2 atom stereocenters. The van der Waals surface area contributed by atoms with Crippen molar-refractivity contribution >= 4 is 22.9 Å². The van der Waals surface area contributed by atoms with Crippen LogP contribution in [0.4, 0.5) is 13.2 Å². The highest BCUT2D eigenvalue weighted by Gasteiger charge is 2.45. The molecule has 10 nitrogen and oxygen atoms in total. The molecule has 2 saturated carbocycles. The lowest BCUT2D eigenvalue weighted by atomic mass is 9.82. The molecule has 4 heterocycles. The molecule has 3 aliphatic rings. The normalized spacial score (nSPS) is 20.0. The molecule has 1 aliphatic heterocycles. The summed E-state index contributed by atoms with van der Waals surface area (Å²) in [5, 5.41) is 3.00. The van der Waals surface area contributed by atoms with Crippen molar-refractivity contribution in [1.82, 2.24) is 20.3 Å². The Morgan fingerprint density at radius 2 is 1.93 bits per heavy atom. The summed E-state index contributed by atoms with van der Waals surface area (Å²) in [5.41, 5.74) is 6.11. The second kappa shape index (κ2) is 10.5. The van der Waals surface area contributed by atoms with E-state index in [2.05, 4.69) is 15.3 Å². The van der Waals surface area contributed by atoms with Crippen molar-refractivity contribution < 1.29 is 36.7 Å². The molecule has 0 radical (unpaired) electrons. The molecule has 3 aromatic heterocycles. The quantitative estimate of drug-likeness (QED) is 0.258. The highest BCUT2D eigenvalue weighted by Crippen LogP contribution is 2.49. The van der Waals surface area contributed by atoms with E-state index in [-0.39, 0.29) is 53.8 Å². The predicted octanol–water partition coefficient (Wildman–Crippen LogP) is 5.25. The number of primary amides is 1. The number of methoxy groups -OCH3 is 1. The number of benzene rings is 1. The van der Waals surface area contributed by atoms with Crippen LogP contribution < -0.4 is 20.5 Å². The minimum absolute atomic E-state index is 0.0771. The molecule has 234 valence electrons. The van der Waals surface area contributed by atoms with Gasteiger partial charge in [0.15, 0.2) is 17.0 Å². The van der Waals surface area contributed by atoms with Gasteiger partial charge in [-0.3, -0.25) is 14.6 Å². The number of oxazole rings is 1. The van der Waals surface area contributed by atoms with Gasteiger partial charge in [0.05, 0.1) is 7.11 Å². The molecule has 45 heavy (non-hydrogen) atoms. The number of alkyl halides is 3. The molecule has 2 aliphatic carbocycles. The average Bonchev–Trinajstić information content (AvgIpc) is 3.96. The number of halogens is 3. The van der Waals surface area contributed by atoms with E-state index in [9.17, 15) is 22.8 Å². The zero-order valence-electron chi connectivity index (χ0n) is 24.5. The first-order valence-corrected chi connectivity index (χ1v) is 14.7. The van der Waals surface area contributed by atoms with Gasteiger partial charge in [-0.05, 0) is 68.9 Å². The standard InChI is InChI=1S/C32H30F3N5O5/c1-31(30(36)42)14-44-27-20(31)12-21(39-25(27)17-7-8-37-24(11-17)32(33,34)35)19(15-3-4-15)13-38-28(41)18-9-22(43-2)26-23(10-18)45-29(40-26)16-5-6-16/h7-12,15-16,19H,3-6,13-14H2,1-2H3,(H2,36,42)(H,38,41)/t19-,31-/m0/s1. The summed E-state index contributed by atoms with van der Waals surface area (Å²) in [6.07, 6.45) is 0.183. The molecule has 7 rings (SSSR count). The summed E-state index contributed by atoms with van der Waals surface area (Å²) < 4.78 is 58.0. The number of fused-ring (bicyclic) bond motifs is 2. The summed E-state index contributed by atoms with van der Waals surface area (Å²) in [5.74, 6) is 0.440. The molecule has 0 bridgehead atoms. The number of carbonyl (C=O) groups is 2. The van der Waals surface area contributed by atoms with E-state index in [0.29, 0.717) is 39.6 Å². The van der Waals surface area contributed by atoms with Crippen LogP contribution in [0.2, 0.25) is 0 Å². The Kier molecular flexibility index (Phi) is 6.75. The van der Waals surface area contributed by atoms with Gasteiger partial charge in [-0.2, -0.15) is 13.2 Å². The van der Waals surface area contributed by atoms with E-state index in [0.717, 1.165) is 37.9 Å². The largest absolute Gasteiger partial charge is 0.494 e. The van der Waals surface area contributed by atoms with E-state index in [1.807, 2.05) is 0 Å². The Hall–Kier alpha value is -4.68. The average molecular weight is 622 g/mol. The van der Waals surface area contributed by atoms with Crippen molar-refractivity contribution in [2.24, 2.45) is 11.7 Å². The Morgan fingerprint density at radius 3 is 2.60 bits per heavy atom. The number of hydrogen-bond donors (Lipinski definition) is 2. The van der Waals surface area contributed by atoms with Crippen molar-refractivity contribution in [3.63, 3.8) is 0 Å². The summed E-state index contributed by atoms with van der Waals surface area (Å²) in [4.78, 5) is 38.9. The van der Waals surface area contributed by atoms with Crippen molar-refractivity contribution in [2.75, 3.05) is 20.3 Å². The number of amides is 2. The number of nitrogens with one attached hydrogen (secondary N) is 1. The van der Waals surface area contributed by atoms with Gasteiger partial charge in [-0.25, -0.2) is 9.97 Å². The van der Waals surface area contributed by atoms with Crippen LogP contribution in [0.5, 0.6) is 11.5 Å². The predicted molar refractivity (Wildman–Crippen MR) is 155 cm³/mol. The topological polar surface area (TPSA) is 142 Å². The van der Waals surface area contributed by atoms with Crippen molar-refractivity contribution in [3.8, 4) is 22.8 Å². The Balaban J connectivity index is 1.23. The van der Waals surface area contributed by atoms with Crippen LogP contribution in [-0.2, 0) is 16.4 Å². The van der Waals surface area contributed by atoms with Gasteiger partial charge in [0, 0.05) is 47.0 Å². The molecule has 2 amide bonds. The molecule has 0 spiro atoms. The fraction of sp³-hybridized carbons (Fsp3) is 0.406. The van der Waals surface area contributed by atoms with Crippen LogP contribution in [-0.4, -0.2) is 47.0 Å². The summed E-state index contributed by atoms with van der Waals surface area (Å²) in [7, 11) is 1.51.